The van der Waals surface area contributed by atoms with Gasteiger partial charge >= 0.3 is 18.2 Å². The molecular weight excluding hydrogens is 179 g/mol. The van der Waals surface area contributed by atoms with Crippen molar-refractivity contribution in [2.45, 2.75) is 20.1 Å². The predicted octanol–water partition coefficient (Wildman–Crippen LogP) is -1.64. The van der Waals surface area contributed by atoms with Crippen LogP contribution in [0.2, 0.25) is 0 Å². The van der Waals surface area contributed by atoms with Gasteiger partial charge in [0.15, 0.2) is 17.4 Å². The van der Waals surface area contributed by atoms with Crippen molar-refractivity contribution in [1.82, 2.24) is 0 Å². The van der Waals surface area contributed by atoms with Crippen LogP contribution in [-0.2, 0) is 23.9 Å². The highest BCUT2D eigenvalue weighted by Gasteiger charge is 2.13. The summed E-state index contributed by atoms with van der Waals surface area (Å²) >= 11 is 0. The molecule has 0 aliphatic rings. The highest BCUT2D eigenvalue weighted by atomic mass is 27.0. The van der Waals surface area contributed by atoms with E-state index in [1.807, 2.05) is 0 Å². The van der Waals surface area contributed by atoms with Crippen molar-refractivity contribution < 1.29 is 23.9 Å². The van der Waals surface area contributed by atoms with Crippen molar-refractivity contribution in [2.24, 2.45) is 0 Å². The number of ether oxygens (including phenoxy) is 2. The molecule has 0 heterocycles. The lowest BCUT2D eigenvalue weighted by atomic mass is 10.6. The molecule has 0 unspecified atom stereocenters. The van der Waals surface area contributed by atoms with Crippen LogP contribution in [-0.4, -0.2) is 41.9 Å². The Kier molecular flexibility index (Phi) is 7.80. The molecule has 5 nitrogen and oxygen atoms in total. The molecule has 0 rings (SSSR count). The number of carbonyl (C=O) groups excluding carboxylic acids is 3. The Labute approximate surface area is 80.1 Å². The van der Waals surface area contributed by atoms with Gasteiger partial charge < -0.3 is 9.47 Å². The molecule has 0 aromatic heterocycles. The first-order valence-electron chi connectivity index (χ1n) is 2.78. The third-order valence-corrected chi connectivity index (χ3v) is 0.642. The fraction of sp³-hybridized carbons (Fsp3) is 0.500. The number of hydrogen-bond acceptors (Lipinski definition) is 5. The maximum absolute atomic E-state index is 10.2. The minimum absolute atomic E-state index is 0. The summed E-state index contributed by atoms with van der Waals surface area (Å²) in [6, 6.07) is 0. The topological polar surface area (TPSA) is 69.7 Å². The average Bonchev–Trinajstić information content (AvgIpc) is 1.84. The summed E-state index contributed by atoms with van der Waals surface area (Å²) in [5.41, 5.74) is 0. The number of esters is 2. The lowest BCUT2D eigenvalue weighted by Crippen LogP contribution is -2.23. The third-order valence-electron chi connectivity index (χ3n) is 0.642. The van der Waals surface area contributed by atoms with Gasteiger partial charge in [-0.05, 0) is 0 Å². The van der Waals surface area contributed by atoms with E-state index < -0.39 is 18.2 Å². The van der Waals surface area contributed by atoms with E-state index in [1.54, 1.807) is 0 Å². The summed E-state index contributed by atoms with van der Waals surface area (Å²) in [4.78, 5) is 30.3. The second-order valence-corrected chi connectivity index (χ2v) is 1.67. The molecule has 0 saturated heterocycles. The molecule has 12 heavy (non-hydrogen) atoms. The van der Waals surface area contributed by atoms with Crippen LogP contribution >= 0.6 is 0 Å². The van der Waals surface area contributed by atoms with E-state index in [9.17, 15) is 14.4 Å². The molecule has 1 radical (unpaired) electrons. The zero-order valence-corrected chi connectivity index (χ0v) is 6.12. The fourth-order valence-corrected chi connectivity index (χ4v) is 0.374. The van der Waals surface area contributed by atoms with Gasteiger partial charge in [-0.15, -0.1) is 0 Å². The largest absolute Gasteiger partial charge is 0.417 e. The zero-order chi connectivity index (χ0) is 8.85. The SMILES string of the molecule is CC(=O)OC([C]=O)OC(C)=O.[AlH3]. The van der Waals surface area contributed by atoms with Gasteiger partial charge in [0.1, 0.15) is 0 Å². The number of hydrogen-bond donors (Lipinski definition) is 0. The molecule has 0 fully saturated rings. The second-order valence-electron chi connectivity index (χ2n) is 1.67. The maximum Gasteiger partial charge on any atom is 0.314 e. The monoisotopic (exact) mass is 189 g/mol. The normalized spacial score (nSPS) is 8.25. The Bertz CT molecular complexity index is 163. The standard InChI is InChI=1S/C6H7O5.Al.3H/c1-4(8)10-6(3-7)11-5(2)9;;;;/h6H,1-2H3;;;;. The summed E-state index contributed by atoms with van der Waals surface area (Å²) in [5, 5.41) is 0. The molecule has 0 aliphatic carbocycles. The highest BCUT2D eigenvalue weighted by Crippen LogP contribution is 1.91. The minimum Gasteiger partial charge on any atom is -0.417 e. The van der Waals surface area contributed by atoms with Gasteiger partial charge in [0, 0.05) is 13.8 Å². The van der Waals surface area contributed by atoms with E-state index in [0.29, 0.717) is 0 Å². The van der Waals surface area contributed by atoms with Crippen LogP contribution in [0.5, 0.6) is 0 Å². The van der Waals surface area contributed by atoms with Crippen LogP contribution in [0.1, 0.15) is 13.8 Å². The van der Waals surface area contributed by atoms with Crippen LogP contribution in [0, 0.1) is 0 Å². The Morgan fingerprint density at radius 2 is 1.50 bits per heavy atom. The Hall–Kier alpha value is -0.858. The molecule has 67 valence electrons. The van der Waals surface area contributed by atoms with Gasteiger partial charge in [-0.1, -0.05) is 0 Å². The van der Waals surface area contributed by atoms with Crippen molar-refractivity contribution >= 4 is 35.6 Å². The summed E-state index contributed by atoms with van der Waals surface area (Å²) < 4.78 is 8.41. The Morgan fingerprint density at radius 1 is 1.17 bits per heavy atom. The second kappa shape index (κ2) is 6.83. The molecule has 0 aromatic rings. The van der Waals surface area contributed by atoms with Gasteiger partial charge in [0.2, 0.25) is 0 Å². The van der Waals surface area contributed by atoms with Crippen molar-refractivity contribution in [3.05, 3.63) is 0 Å². The minimum atomic E-state index is -1.54. The van der Waals surface area contributed by atoms with Gasteiger partial charge in [-0.2, -0.15) is 0 Å². The molecular formula is C6H10AlO5. The van der Waals surface area contributed by atoms with Crippen molar-refractivity contribution in [3.8, 4) is 0 Å². The molecule has 0 bridgehead atoms. The van der Waals surface area contributed by atoms with E-state index in [1.165, 1.54) is 6.29 Å². The lowest BCUT2D eigenvalue weighted by Gasteiger charge is -2.07. The van der Waals surface area contributed by atoms with Crippen LogP contribution < -0.4 is 0 Å². The van der Waals surface area contributed by atoms with E-state index in [0.717, 1.165) is 13.8 Å². The number of carbonyl (C=O) groups is 2. The highest BCUT2D eigenvalue weighted by molar-refractivity contribution is 5.75. The van der Waals surface area contributed by atoms with E-state index >= 15 is 0 Å². The smallest absolute Gasteiger partial charge is 0.314 e. The van der Waals surface area contributed by atoms with Gasteiger partial charge in [-0.3, -0.25) is 14.4 Å². The molecule has 6 heteroatoms. The maximum atomic E-state index is 10.2. The van der Waals surface area contributed by atoms with Crippen LogP contribution in [0.15, 0.2) is 0 Å². The van der Waals surface area contributed by atoms with Crippen molar-refractivity contribution in [2.75, 3.05) is 0 Å². The van der Waals surface area contributed by atoms with Gasteiger partial charge in [0.25, 0.3) is 6.29 Å². The molecule has 0 aromatic carbocycles. The number of rotatable bonds is 3. The van der Waals surface area contributed by atoms with Crippen LogP contribution in [0.25, 0.3) is 0 Å². The fourth-order valence-electron chi connectivity index (χ4n) is 0.374. The first-order chi connectivity index (χ1) is 5.06. The van der Waals surface area contributed by atoms with Gasteiger partial charge in [-0.25, -0.2) is 0 Å². The van der Waals surface area contributed by atoms with Gasteiger partial charge in [0.05, 0.1) is 0 Å². The van der Waals surface area contributed by atoms with E-state index in [2.05, 4.69) is 9.47 Å². The quantitative estimate of drug-likeness (QED) is 0.302. The van der Waals surface area contributed by atoms with Crippen molar-refractivity contribution in [3.63, 3.8) is 0 Å². The van der Waals surface area contributed by atoms with E-state index in [-0.39, 0.29) is 17.4 Å². The van der Waals surface area contributed by atoms with E-state index in [4.69, 9.17) is 0 Å². The average molecular weight is 189 g/mol. The summed E-state index contributed by atoms with van der Waals surface area (Å²) in [6.45, 7) is 2.18. The molecule has 0 N–H and O–H groups in total. The third kappa shape index (κ3) is 7.25. The zero-order valence-electron chi connectivity index (χ0n) is 6.12. The Balaban J connectivity index is 0. The van der Waals surface area contributed by atoms with Crippen LogP contribution in [0.4, 0.5) is 0 Å². The molecule has 0 saturated carbocycles. The predicted molar refractivity (Wildman–Crippen MR) is 43.0 cm³/mol. The summed E-state index contributed by atoms with van der Waals surface area (Å²) in [7, 11) is 0. The Morgan fingerprint density at radius 3 is 1.67 bits per heavy atom. The van der Waals surface area contributed by atoms with Crippen molar-refractivity contribution in [1.29, 1.82) is 0 Å². The summed E-state index contributed by atoms with van der Waals surface area (Å²) in [6.07, 6.45) is -0.308. The first kappa shape index (κ1) is 13.7. The molecule has 0 aliphatic heterocycles. The molecule has 0 atom stereocenters. The summed E-state index contributed by atoms with van der Waals surface area (Å²) in [5.74, 6) is -1.42. The van der Waals surface area contributed by atoms with Crippen LogP contribution in [0.3, 0.4) is 0 Å². The lowest BCUT2D eigenvalue weighted by molar-refractivity contribution is -0.173. The molecule has 0 amide bonds. The molecule has 0 spiro atoms. The first-order valence-corrected chi connectivity index (χ1v) is 2.78.